The van der Waals surface area contributed by atoms with Crippen molar-refractivity contribution in [2.45, 2.75) is 24.3 Å². The molecular formula is C22H28N4O3S. The molecule has 0 aromatic heterocycles. The Balaban J connectivity index is 1.59. The van der Waals surface area contributed by atoms with Gasteiger partial charge in [0.1, 0.15) is 5.84 Å². The number of fused-ring (bicyclic) bond motifs is 1. The molecular weight excluding hydrogens is 400 g/mol. The number of nitrogens with zero attached hydrogens (tertiary/aromatic N) is 2. The van der Waals surface area contributed by atoms with Crippen LogP contribution in [0.3, 0.4) is 0 Å². The highest BCUT2D eigenvalue weighted by atomic mass is 32.2. The molecule has 2 aromatic carbocycles. The Labute approximate surface area is 178 Å². The molecule has 4 rings (SSSR count). The summed E-state index contributed by atoms with van der Waals surface area (Å²) in [5, 5.41) is 7.10. The number of para-hydroxylation sites is 1. The van der Waals surface area contributed by atoms with Crippen molar-refractivity contribution < 1.29 is 13.2 Å². The van der Waals surface area contributed by atoms with Crippen molar-refractivity contribution in [3.63, 3.8) is 0 Å². The Kier molecular flexibility index (Phi) is 6.19. The molecule has 30 heavy (non-hydrogen) atoms. The molecule has 8 heteroatoms. The lowest BCUT2D eigenvalue weighted by Crippen LogP contribution is -2.55. The van der Waals surface area contributed by atoms with Gasteiger partial charge in [0.2, 0.25) is 10.0 Å². The van der Waals surface area contributed by atoms with Crippen LogP contribution in [0.1, 0.15) is 17.5 Å². The third kappa shape index (κ3) is 4.41. The second-order valence-electron chi connectivity index (χ2n) is 7.77. The van der Waals surface area contributed by atoms with E-state index in [0.717, 1.165) is 22.6 Å². The first kappa shape index (κ1) is 21.0. The maximum atomic E-state index is 13.1. The molecule has 2 aliphatic rings. The Morgan fingerprint density at radius 3 is 2.70 bits per heavy atom. The number of hydrogen-bond acceptors (Lipinski definition) is 5. The summed E-state index contributed by atoms with van der Waals surface area (Å²) in [6.45, 7) is 2.50. The molecule has 2 heterocycles. The van der Waals surface area contributed by atoms with E-state index in [1.807, 2.05) is 48.5 Å². The summed E-state index contributed by atoms with van der Waals surface area (Å²) in [7, 11) is -1.78. The predicted molar refractivity (Wildman–Crippen MR) is 119 cm³/mol. The van der Waals surface area contributed by atoms with Gasteiger partial charge in [0.25, 0.3) is 0 Å². The van der Waals surface area contributed by atoms with E-state index in [-0.39, 0.29) is 5.75 Å². The number of nitrogens with one attached hydrogen (secondary N) is 2. The summed E-state index contributed by atoms with van der Waals surface area (Å²) in [4.78, 5) is 4.76. The molecule has 0 bridgehead atoms. The summed E-state index contributed by atoms with van der Waals surface area (Å²) < 4.78 is 33.0. The zero-order valence-electron chi connectivity index (χ0n) is 17.2. The van der Waals surface area contributed by atoms with Crippen molar-refractivity contribution in [3.8, 4) is 0 Å². The third-order valence-corrected chi connectivity index (χ3v) is 7.52. The quantitative estimate of drug-likeness (QED) is 0.690. The molecule has 7 nitrogen and oxygen atoms in total. The van der Waals surface area contributed by atoms with Gasteiger partial charge in [-0.1, -0.05) is 48.5 Å². The Bertz CT molecular complexity index is 1010. The van der Waals surface area contributed by atoms with Gasteiger partial charge in [-0.15, -0.1) is 0 Å². The van der Waals surface area contributed by atoms with Crippen LogP contribution >= 0.6 is 0 Å². The SMILES string of the molecule is COCCN=C1Nc2ccccc2CN[C@@]12CCN(S(=O)(=O)Cc1ccccc1)C2. The number of sulfonamides is 1. The highest BCUT2D eigenvalue weighted by molar-refractivity contribution is 7.88. The zero-order valence-corrected chi connectivity index (χ0v) is 18.0. The first-order valence-electron chi connectivity index (χ1n) is 10.2. The molecule has 0 amide bonds. The molecule has 2 aromatic rings. The molecule has 1 spiro atoms. The molecule has 2 aliphatic heterocycles. The lowest BCUT2D eigenvalue weighted by atomic mass is 9.97. The number of anilines is 1. The molecule has 1 atom stereocenters. The number of rotatable bonds is 6. The van der Waals surface area contributed by atoms with Gasteiger partial charge >= 0.3 is 0 Å². The van der Waals surface area contributed by atoms with Crippen molar-refractivity contribution in [1.29, 1.82) is 0 Å². The minimum absolute atomic E-state index is 0.00766. The van der Waals surface area contributed by atoms with Gasteiger partial charge in [-0.05, 0) is 23.6 Å². The minimum Gasteiger partial charge on any atom is -0.383 e. The van der Waals surface area contributed by atoms with Crippen molar-refractivity contribution in [2.75, 3.05) is 38.7 Å². The fourth-order valence-electron chi connectivity index (χ4n) is 4.06. The average Bonchev–Trinajstić information content (AvgIpc) is 3.13. The molecule has 0 aliphatic carbocycles. The first-order valence-corrected chi connectivity index (χ1v) is 11.8. The molecule has 0 radical (unpaired) electrons. The van der Waals surface area contributed by atoms with E-state index in [0.29, 0.717) is 39.2 Å². The fourth-order valence-corrected chi connectivity index (χ4v) is 5.64. The highest BCUT2D eigenvalue weighted by Crippen LogP contribution is 2.31. The van der Waals surface area contributed by atoms with Gasteiger partial charge in [-0.2, -0.15) is 4.31 Å². The van der Waals surface area contributed by atoms with Crippen molar-refractivity contribution in [3.05, 3.63) is 65.7 Å². The van der Waals surface area contributed by atoms with Gasteiger partial charge < -0.3 is 10.1 Å². The maximum Gasteiger partial charge on any atom is 0.218 e. The topological polar surface area (TPSA) is 83.0 Å². The average molecular weight is 429 g/mol. The zero-order chi connectivity index (χ0) is 21.0. The summed E-state index contributed by atoms with van der Waals surface area (Å²) in [5.41, 5.74) is 2.39. The van der Waals surface area contributed by atoms with Gasteiger partial charge in [0.15, 0.2) is 0 Å². The van der Waals surface area contributed by atoms with E-state index >= 15 is 0 Å². The van der Waals surface area contributed by atoms with Crippen LogP contribution in [0.25, 0.3) is 0 Å². The number of hydrogen-bond donors (Lipinski definition) is 2. The second kappa shape index (κ2) is 8.85. The van der Waals surface area contributed by atoms with Gasteiger partial charge in [0.05, 0.1) is 24.4 Å². The largest absolute Gasteiger partial charge is 0.383 e. The van der Waals surface area contributed by atoms with Crippen molar-refractivity contribution in [1.82, 2.24) is 9.62 Å². The minimum atomic E-state index is -3.43. The van der Waals surface area contributed by atoms with Crippen LogP contribution in [-0.4, -0.2) is 57.4 Å². The summed E-state index contributed by atoms with van der Waals surface area (Å²) in [5.74, 6) is 0.787. The molecule has 0 unspecified atom stereocenters. The third-order valence-electron chi connectivity index (χ3n) is 5.73. The number of amidine groups is 1. The van der Waals surface area contributed by atoms with E-state index in [4.69, 9.17) is 9.73 Å². The molecule has 2 N–H and O–H groups in total. The van der Waals surface area contributed by atoms with E-state index in [1.54, 1.807) is 11.4 Å². The smallest absolute Gasteiger partial charge is 0.218 e. The van der Waals surface area contributed by atoms with Gasteiger partial charge in [0, 0.05) is 32.4 Å². The fraction of sp³-hybridized carbons (Fsp3) is 0.409. The van der Waals surface area contributed by atoms with Crippen LogP contribution in [0.5, 0.6) is 0 Å². The highest BCUT2D eigenvalue weighted by Gasteiger charge is 2.47. The van der Waals surface area contributed by atoms with Crippen LogP contribution in [0, 0.1) is 0 Å². The Hall–Kier alpha value is -2.26. The summed E-state index contributed by atoms with van der Waals surface area (Å²) in [6, 6.07) is 17.4. The Morgan fingerprint density at radius 1 is 1.13 bits per heavy atom. The number of methoxy groups -OCH3 is 1. The standard InChI is InChI=1S/C22H28N4O3S/c1-29-14-12-23-21-22(24-15-19-9-5-6-10-20(19)25-21)11-13-26(17-22)30(27,28)16-18-7-3-2-4-8-18/h2-10,24H,11-17H2,1H3,(H,23,25)/t22-/m1/s1. The van der Waals surface area contributed by atoms with Crippen LogP contribution < -0.4 is 10.6 Å². The Morgan fingerprint density at radius 2 is 1.90 bits per heavy atom. The predicted octanol–water partition coefficient (Wildman–Crippen LogP) is 2.22. The number of aliphatic imine (C=N–C) groups is 1. The van der Waals surface area contributed by atoms with Crippen LogP contribution in [0.4, 0.5) is 5.69 Å². The lowest BCUT2D eigenvalue weighted by Gasteiger charge is -2.30. The second-order valence-corrected chi connectivity index (χ2v) is 9.74. The van der Waals surface area contributed by atoms with Crippen LogP contribution in [0.15, 0.2) is 59.6 Å². The van der Waals surface area contributed by atoms with E-state index < -0.39 is 15.6 Å². The van der Waals surface area contributed by atoms with Crippen molar-refractivity contribution in [2.24, 2.45) is 4.99 Å². The lowest BCUT2D eigenvalue weighted by molar-refractivity contribution is 0.207. The van der Waals surface area contributed by atoms with E-state index in [2.05, 4.69) is 16.7 Å². The maximum absolute atomic E-state index is 13.1. The molecule has 1 fully saturated rings. The summed E-state index contributed by atoms with van der Waals surface area (Å²) >= 11 is 0. The monoisotopic (exact) mass is 428 g/mol. The van der Waals surface area contributed by atoms with Crippen LogP contribution in [0.2, 0.25) is 0 Å². The first-order chi connectivity index (χ1) is 14.5. The molecule has 160 valence electrons. The number of ether oxygens (including phenoxy) is 1. The summed E-state index contributed by atoms with van der Waals surface area (Å²) in [6.07, 6.45) is 0.661. The van der Waals surface area contributed by atoms with E-state index in [1.165, 1.54) is 0 Å². The number of benzene rings is 2. The van der Waals surface area contributed by atoms with Gasteiger partial charge in [-0.3, -0.25) is 10.3 Å². The normalized spacial score (nSPS) is 23.3. The van der Waals surface area contributed by atoms with E-state index in [9.17, 15) is 8.42 Å². The molecule has 1 saturated heterocycles. The van der Waals surface area contributed by atoms with Crippen LogP contribution in [-0.2, 0) is 27.1 Å². The van der Waals surface area contributed by atoms with Gasteiger partial charge in [-0.25, -0.2) is 8.42 Å². The van der Waals surface area contributed by atoms with Crippen molar-refractivity contribution >= 4 is 21.5 Å². The molecule has 0 saturated carbocycles.